The van der Waals surface area contributed by atoms with Crippen LogP contribution in [0.15, 0.2) is 224 Å². The van der Waals surface area contributed by atoms with Crippen molar-refractivity contribution in [2.24, 2.45) is 0 Å². The summed E-state index contributed by atoms with van der Waals surface area (Å²) in [4.78, 5) is 2.49. The van der Waals surface area contributed by atoms with Gasteiger partial charge in [0.25, 0.3) is 0 Å². The van der Waals surface area contributed by atoms with E-state index in [9.17, 15) is 0 Å². The number of hydrogen-bond acceptors (Lipinski definition) is 1. The van der Waals surface area contributed by atoms with E-state index >= 15 is 0 Å². The molecule has 0 saturated heterocycles. The number of anilines is 3. The highest BCUT2D eigenvalue weighted by atomic mass is 15.1. The standard InChI is InChI=1S/C62H47N/c1-3-61(4-2)57-36-34-49(41-56(57)54-38-44-19-11-12-20-45(44)39-60(54)61)63(48-32-30-43(31-33-48)52-28-17-21-42-18-13-14-26-51(42)52)50-35-37-59-55(40-50)53-27-15-16-29-58(53)62(59,46-22-7-5-8-23-46)47-24-9-6-10-25-47/h5-41H,3-4H2,1-2H3. The van der Waals surface area contributed by atoms with E-state index in [0.29, 0.717) is 0 Å². The first kappa shape index (κ1) is 37.3. The van der Waals surface area contributed by atoms with E-state index in [2.05, 4.69) is 243 Å². The van der Waals surface area contributed by atoms with Crippen LogP contribution in [0.5, 0.6) is 0 Å². The molecule has 0 heterocycles. The lowest BCUT2D eigenvalue weighted by Crippen LogP contribution is -2.28. The van der Waals surface area contributed by atoms with Gasteiger partial charge in [0.1, 0.15) is 0 Å². The highest BCUT2D eigenvalue weighted by Crippen LogP contribution is 2.58. The minimum Gasteiger partial charge on any atom is -0.310 e. The van der Waals surface area contributed by atoms with Gasteiger partial charge in [0.05, 0.1) is 5.41 Å². The predicted octanol–water partition coefficient (Wildman–Crippen LogP) is 16.6. The molecule has 12 rings (SSSR count). The summed E-state index contributed by atoms with van der Waals surface area (Å²) < 4.78 is 0. The molecular weight excluding hydrogens is 759 g/mol. The fraction of sp³-hybridized carbons (Fsp3) is 0.0968. The van der Waals surface area contributed by atoms with Crippen LogP contribution in [0.25, 0.3) is 54.9 Å². The van der Waals surface area contributed by atoms with Crippen LogP contribution in [-0.2, 0) is 10.8 Å². The van der Waals surface area contributed by atoms with Crippen molar-refractivity contribution >= 4 is 38.6 Å². The van der Waals surface area contributed by atoms with Crippen molar-refractivity contribution in [1.29, 1.82) is 0 Å². The van der Waals surface area contributed by atoms with Gasteiger partial charge in [-0.1, -0.05) is 190 Å². The summed E-state index contributed by atoms with van der Waals surface area (Å²) in [5, 5.41) is 5.11. The predicted molar refractivity (Wildman–Crippen MR) is 266 cm³/mol. The van der Waals surface area contributed by atoms with Crippen LogP contribution in [0.1, 0.15) is 60.1 Å². The van der Waals surface area contributed by atoms with Gasteiger partial charge in [-0.3, -0.25) is 0 Å². The van der Waals surface area contributed by atoms with Gasteiger partial charge in [-0.25, -0.2) is 0 Å². The zero-order chi connectivity index (χ0) is 42.1. The summed E-state index contributed by atoms with van der Waals surface area (Å²) in [6, 6.07) is 84.1. The van der Waals surface area contributed by atoms with Crippen LogP contribution in [0.3, 0.4) is 0 Å². The van der Waals surface area contributed by atoms with Crippen molar-refractivity contribution in [1.82, 2.24) is 0 Å². The number of benzene rings is 10. The zero-order valence-electron chi connectivity index (χ0n) is 35.7. The summed E-state index contributed by atoms with van der Waals surface area (Å²) in [5.74, 6) is 0. The Kier molecular flexibility index (Phi) is 8.63. The number of fused-ring (bicyclic) bond motifs is 8. The molecule has 63 heavy (non-hydrogen) atoms. The maximum absolute atomic E-state index is 2.49. The Morgan fingerprint density at radius 1 is 0.333 bits per heavy atom. The van der Waals surface area contributed by atoms with Crippen LogP contribution in [0, 0.1) is 0 Å². The number of nitrogens with zero attached hydrogens (tertiary/aromatic N) is 1. The molecule has 0 aromatic heterocycles. The smallest absolute Gasteiger partial charge is 0.0713 e. The summed E-state index contributed by atoms with van der Waals surface area (Å²) in [6.07, 6.45) is 2.10. The molecule has 1 nitrogen and oxygen atoms in total. The first-order chi connectivity index (χ1) is 31.1. The van der Waals surface area contributed by atoms with E-state index in [1.54, 1.807) is 0 Å². The van der Waals surface area contributed by atoms with E-state index in [4.69, 9.17) is 0 Å². The fourth-order valence-corrected chi connectivity index (χ4v) is 11.6. The van der Waals surface area contributed by atoms with Crippen LogP contribution in [0.4, 0.5) is 17.1 Å². The molecule has 0 spiro atoms. The largest absolute Gasteiger partial charge is 0.310 e. The Bertz CT molecular complexity index is 3310. The fourth-order valence-electron chi connectivity index (χ4n) is 11.6. The van der Waals surface area contributed by atoms with Crippen molar-refractivity contribution < 1.29 is 0 Å². The van der Waals surface area contributed by atoms with Crippen molar-refractivity contribution in [2.45, 2.75) is 37.5 Å². The Labute approximate surface area is 370 Å². The first-order valence-corrected chi connectivity index (χ1v) is 22.5. The molecule has 1 heteroatoms. The molecule has 0 fully saturated rings. The molecule has 0 saturated carbocycles. The molecule has 0 aliphatic heterocycles. The Morgan fingerprint density at radius 3 is 1.51 bits per heavy atom. The van der Waals surface area contributed by atoms with Crippen molar-refractivity contribution in [3.8, 4) is 33.4 Å². The minimum absolute atomic E-state index is 0.0341. The van der Waals surface area contributed by atoms with E-state index in [-0.39, 0.29) is 5.41 Å². The van der Waals surface area contributed by atoms with Crippen LogP contribution in [0.2, 0.25) is 0 Å². The SMILES string of the molecule is CCC1(CC)c2ccc(N(c3ccc(-c4cccc5ccccc45)cc3)c3ccc4c(c3)-c3ccccc3C4(c3ccccc3)c3ccccc3)cc2-c2cc3ccccc3cc21. The maximum atomic E-state index is 2.49. The molecule has 0 amide bonds. The van der Waals surface area contributed by atoms with Crippen LogP contribution >= 0.6 is 0 Å². The third-order valence-corrected chi connectivity index (χ3v) is 14.6. The molecule has 0 radical (unpaired) electrons. The second-order valence-corrected chi connectivity index (χ2v) is 17.4. The zero-order valence-corrected chi connectivity index (χ0v) is 35.7. The van der Waals surface area contributed by atoms with Gasteiger partial charge in [-0.2, -0.15) is 0 Å². The van der Waals surface area contributed by atoms with Crippen molar-refractivity contribution in [2.75, 3.05) is 4.90 Å². The van der Waals surface area contributed by atoms with Crippen LogP contribution < -0.4 is 4.90 Å². The third-order valence-electron chi connectivity index (χ3n) is 14.6. The second-order valence-electron chi connectivity index (χ2n) is 17.4. The molecular formula is C62H47N. The van der Waals surface area contributed by atoms with E-state index in [1.165, 1.54) is 88.3 Å². The average molecular weight is 806 g/mol. The third kappa shape index (κ3) is 5.49. The average Bonchev–Trinajstić information content (AvgIpc) is 3.80. The Hall–Kier alpha value is -7.48. The van der Waals surface area contributed by atoms with Crippen LogP contribution in [-0.4, -0.2) is 0 Å². The van der Waals surface area contributed by atoms with E-state index in [1.807, 2.05) is 0 Å². The highest BCUT2D eigenvalue weighted by molar-refractivity contribution is 5.98. The molecule has 10 aromatic carbocycles. The molecule has 300 valence electrons. The van der Waals surface area contributed by atoms with Gasteiger partial charge in [0.2, 0.25) is 0 Å². The molecule has 0 unspecified atom stereocenters. The molecule has 0 atom stereocenters. The van der Waals surface area contributed by atoms with Gasteiger partial charge in [0.15, 0.2) is 0 Å². The molecule has 2 aliphatic rings. The summed E-state index contributed by atoms with van der Waals surface area (Å²) in [6.45, 7) is 4.73. The topological polar surface area (TPSA) is 3.24 Å². The van der Waals surface area contributed by atoms with E-state index in [0.717, 1.165) is 29.9 Å². The minimum atomic E-state index is -0.457. The first-order valence-electron chi connectivity index (χ1n) is 22.5. The molecule has 2 aliphatic carbocycles. The number of hydrogen-bond donors (Lipinski definition) is 0. The Balaban J connectivity index is 1.08. The highest BCUT2D eigenvalue weighted by Gasteiger charge is 2.46. The summed E-state index contributed by atoms with van der Waals surface area (Å²) in [5.41, 5.74) is 18.7. The lowest BCUT2D eigenvalue weighted by molar-refractivity contribution is 0.491. The second kappa shape index (κ2) is 14.6. The monoisotopic (exact) mass is 805 g/mol. The molecule has 0 N–H and O–H groups in total. The van der Waals surface area contributed by atoms with Gasteiger partial charge in [-0.05, 0) is 150 Å². The maximum Gasteiger partial charge on any atom is 0.0713 e. The lowest BCUT2D eigenvalue weighted by atomic mass is 9.68. The van der Waals surface area contributed by atoms with Crippen molar-refractivity contribution in [3.05, 3.63) is 258 Å². The quantitative estimate of drug-likeness (QED) is 0.148. The Morgan fingerprint density at radius 2 is 0.825 bits per heavy atom. The lowest BCUT2D eigenvalue weighted by Gasteiger charge is -2.34. The molecule has 10 aromatic rings. The number of rotatable bonds is 8. The van der Waals surface area contributed by atoms with Gasteiger partial charge in [-0.15, -0.1) is 0 Å². The van der Waals surface area contributed by atoms with Crippen molar-refractivity contribution in [3.63, 3.8) is 0 Å². The van der Waals surface area contributed by atoms with Gasteiger partial charge >= 0.3 is 0 Å². The van der Waals surface area contributed by atoms with Gasteiger partial charge in [0, 0.05) is 22.5 Å². The van der Waals surface area contributed by atoms with E-state index < -0.39 is 5.41 Å². The normalized spacial score (nSPS) is 13.9. The summed E-state index contributed by atoms with van der Waals surface area (Å²) >= 11 is 0. The van der Waals surface area contributed by atoms with Gasteiger partial charge < -0.3 is 4.90 Å². The molecule has 0 bridgehead atoms. The summed E-state index contributed by atoms with van der Waals surface area (Å²) in [7, 11) is 0.